The minimum absolute atomic E-state index is 0. The average molecular weight is 547 g/mol. The van der Waals surface area contributed by atoms with E-state index in [9.17, 15) is 13.8 Å². The molecule has 12 nitrogen and oxygen atoms in total. The molecule has 0 saturated heterocycles. The molecule has 188 valence electrons. The quantitative estimate of drug-likeness (QED) is 0.190. The Kier molecular flexibility index (Phi) is 8.78. The zero-order chi connectivity index (χ0) is 25.3. The molecule has 2 aromatic carbocycles. The van der Waals surface area contributed by atoms with Crippen LogP contribution in [0.4, 0.5) is 27.5 Å². The Bertz CT molecular complexity index is 1520. The number of aromatic nitrogens is 3. The summed E-state index contributed by atoms with van der Waals surface area (Å²) >= 11 is 0. The van der Waals surface area contributed by atoms with Gasteiger partial charge >= 0.3 is 51.3 Å². The average Bonchev–Trinajstić information content (AvgIpc) is 3.10. The van der Waals surface area contributed by atoms with E-state index in [1.807, 2.05) is 0 Å². The monoisotopic (exact) mass is 547 g/mol. The van der Waals surface area contributed by atoms with Crippen LogP contribution in [0.5, 0.6) is 5.75 Å². The van der Waals surface area contributed by atoms with Crippen LogP contribution in [0.3, 0.4) is 0 Å². The molecular formula is C21H23CaFN5O7P. The molecule has 4 N–H and O–H groups in total. The summed E-state index contributed by atoms with van der Waals surface area (Å²) in [5, 5.41) is 6.13. The van der Waals surface area contributed by atoms with Crippen molar-refractivity contribution in [3.63, 3.8) is 0 Å². The van der Waals surface area contributed by atoms with Gasteiger partial charge in [-0.05, 0) is 43.7 Å². The van der Waals surface area contributed by atoms with Crippen LogP contribution in [0, 0.1) is 19.7 Å². The first-order valence-corrected chi connectivity index (χ1v) is 11.6. The second kappa shape index (κ2) is 11.3. The van der Waals surface area contributed by atoms with Crippen LogP contribution in [0.1, 0.15) is 11.1 Å². The Morgan fingerprint density at radius 3 is 2.58 bits per heavy atom. The van der Waals surface area contributed by atoms with Gasteiger partial charge in [-0.15, -0.1) is 0 Å². The summed E-state index contributed by atoms with van der Waals surface area (Å²) in [6.07, 6.45) is 1.59. The Balaban J connectivity index is 0.00000361. The van der Waals surface area contributed by atoms with Crippen molar-refractivity contribution in [2.75, 3.05) is 17.7 Å². The Hall–Kier alpha value is -2.51. The van der Waals surface area contributed by atoms with E-state index in [-0.39, 0.29) is 60.5 Å². The number of halogens is 1. The van der Waals surface area contributed by atoms with E-state index in [0.717, 1.165) is 4.57 Å². The Morgan fingerprint density at radius 2 is 1.89 bits per heavy atom. The van der Waals surface area contributed by atoms with Crippen molar-refractivity contribution in [2.45, 2.75) is 20.6 Å². The number of nitrogens with zero attached hydrogens (tertiary/aromatic N) is 3. The maximum atomic E-state index is 14.1. The molecule has 0 amide bonds. The maximum absolute atomic E-state index is 14.1. The molecule has 2 aromatic heterocycles. The number of ether oxygens (including phenoxy) is 1. The predicted octanol–water partition coefficient (Wildman–Crippen LogP) is 2.79. The van der Waals surface area contributed by atoms with Gasteiger partial charge in [0, 0.05) is 29.2 Å². The molecule has 0 aliphatic carbocycles. The second-order valence-electron chi connectivity index (χ2n) is 7.51. The van der Waals surface area contributed by atoms with E-state index >= 15 is 0 Å². The molecule has 0 aliphatic heterocycles. The third kappa shape index (κ3) is 6.43. The number of rotatable bonds is 8. The molecule has 0 unspecified atom stereocenters. The second-order valence-corrected chi connectivity index (χ2v) is 8.75. The molecule has 0 atom stereocenters. The number of benzene rings is 2. The number of aryl methyl sites for hydroxylation is 2. The molecule has 0 spiro atoms. The van der Waals surface area contributed by atoms with Crippen LogP contribution >= 0.6 is 7.82 Å². The molecular weight excluding hydrogens is 524 g/mol. The minimum atomic E-state index is -4.79. The zero-order valence-electron chi connectivity index (χ0n) is 18.8. The fourth-order valence-corrected chi connectivity index (χ4v) is 3.51. The van der Waals surface area contributed by atoms with Gasteiger partial charge in [0.1, 0.15) is 12.5 Å². The third-order valence-electron chi connectivity index (χ3n) is 4.95. The van der Waals surface area contributed by atoms with E-state index in [2.05, 4.69) is 25.1 Å². The van der Waals surface area contributed by atoms with Crippen LogP contribution in [0.15, 0.2) is 45.7 Å². The molecule has 2 heterocycles. The van der Waals surface area contributed by atoms with Crippen molar-refractivity contribution in [3.8, 4) is 5.75 Å². The molecule has 4 aromatic rings. The number of oxazole rings is 1. The summed E-state index contributed by atoms with van der Waals surface area (Å²) < 4.78 is 40.6. The van der Waals surface area contributed by atoms with Crippen LogP contribution < -0.4 is 21.1 Å². The van der Waals surface area contributed by atoms with Crippen molar-refractivity contribution in [1.82, 2.24) is 14.5 Å². The van der Waals surface area contributed by atoms with E-state index in [1.165, 1.54) is 19.2 Å². The Labute approximate surface area is 233 Å². The van der Waals surface area contributed by atoms with Gasteiger partial charge < -0.3 is 29.6 Å². The fourth-order valence-electron chi connectivity index (χ4n) is 3.25. The zero-order valence-corrected chi connectivity index (χ0v) is 19.7. The van der Waals surface area contributed by atoms with Crippen LogP contribution in [0.25, 0.3) is 11.1 Å². The summed E-state index contributed by atoms with van der Waals surface area (Å²) in [6.45, 7) is 2.71. The molecule has 15 heteroatoms. The first-order chi connectivity index (χ1) is 16.5. The predicted molar refractivity (Wildman–Crippen MR) is 133 cm³/mol. The van der Waals surface area contributed by atoms with E-state index in [1.54, 1.807) is 38.2 Å². The molecule has 0 fully saturated rings. The number of hydrogen-bond donors (Lipinski definition) is 4. The molecule has 36 heavy (non-hydrogen) atoms. The number of methoxy groups -OCH3 is 1. The summed E-state index contributed by atoms with van der Waals surface area (Å²) in [5.74, 6) is -0.524. The van der Waals surface area contributed by atoms with E-state index in [4.69, 9.17) is 18.9 Å². The van der Waals surface area contributed by atoms with E-state index in [0.29, 0.717) is 28.3 Å². The van der Waals surface area contributed by atoms with Gasteiger partial charge in [-0.2, -0.15) is 4.98 Å². The SMILES string of the molecule is COc1cc(Nc2ncc(C)c(Nc3ccc4oc(=O)n(COP(=O)(O)O)c4c3)n2)cc(C)c1F.[CaH2]. The summed E-state index contributed by atoms with van der Waals surface area (Å²) in [4.78, 5) is 38.6. The molecule has 4 rings (SSSR count). The number of fused-ring (bicyclic) bond motifs is 1. The normalized spacial score (nSPS) is 11.3. The van der Waals surface area contributed by atoms with Crippen LogP contribution in [-0.4, -0.2) is 69.2 Å². The van der Waals surface area contributed by atoms with Gasteiger partial charge in [0.2, 0.25) is 5.95 Å². The standard InChI is InChI=1S/C21H21FN5O7P.Ca.2H/c1-11-6-14(8-17(32-3)18(11)22)25-20-23-9-12(2)19(26-20)24-13-4-5-16-15(7-13)27(21(28)34-16)10-33-35(29,30)31;;;/h4-9H,10H2,1-3H3,(H2,29,30,31)(H2,23,24,25,26);;;. The Morgan fingerprint density at radius 1 is 1.14 bits per heavy atom. The van der Waals surface area contributed by atoms with E-state index < -0.39 is 26.1 Å². The van der Waals surface area contributed by atoms with Gasteiger partial charge in [-0.25, -0.2) is 23.3 Å². The van der Waals surface area contributed by atoms with Crippen LogP contribution in [-0.2, 0) is 15.8 Å². The van der Waals surface area contributed by atoms with Crippen molar-refractivity contribution in [1.29, 1.82) is 0 Å². The summed E-state index contributed by atoms with van der Waals surface area (Å²) in [5.41, 5.74) is 2.60. The third-order valence-corrected chi connectivity index (χ3v) is 5.41. The van der Waals surface area contributed by atoms with Crippen molar-refractivity contribution in [3.05, 3.63) is 64.0 Å². The molecule has 0 radical (unpaired) electrons. The number of phosphoric acid groups is 1. The van der Waals surface area contributed by atoms with Gasteiger partial charge in [0.15, 0.2) is 17.1 Å². The van der Waals surface area contributed by atoms with Crippen LogP contribution in [0.2, 0.25) is 0 Å². The molecule has 0 saturated carbocycles. The first kappa shape index (κ1) is 28.1. The fraction of sp³-hybridized carbons (Fsp3) is 0.190. The molecule has 0 aliphatic rings. The molecule has 0 bridgehead atoms. The summed E-state index contributed by atoms with van der Waals surface area (Å²) in [6, 6.07) is 7.80. The number of phosphoric ester groups is 1. The van der Waals surface area contributed by atoms with Gasteiger partial charge in [-0.1, -0.05) is 0 Å². The van der Waals surface area contributed by atoms with Crippen molar-refractivity contribution >= 4 is 79.8 Å². The van der Waals surface area contributed by atoms with Gasteiger partial charge in [0.05, 0.1) is 12.6 Å². The van der Waals surface area contributed by atoms with Crippen molar-refractivity contribution < 1.29 is 32.4 Å². The first-order valence-electron chi connectivity index (χ1n) is 10.1. The number of nitrogens with one attached hydrogen (secondary N) is 2. The number of hydrogen-bond acceptors (Lipinski definition) is 9. The van der Waals surface area contributed by atoms with Crippen molar-refractivity contribution in [2.24, 2.45) is 0 Å². The number of anilines is 4. The van der Waals surface area contributed by atoms with Gasteiger partial charge in [0.25, 0.3) is 0 Å². The summed E-state index contributed by atoms with van der Waals surface area (Å²) in [7, 11) is -3.42. The van der Waals surface area contributed by atoms with Gasteiger partial charge in [-0.3, -0.25) is 4.52 Å². The topological polar surface area (TPSA) is 161 Å².